The highest BCUT2D eigenvalue weighted by Gasteiger charge is 2.10. The highest BCUT2D eigenvalue weighted by atomic mass is 35.5. The molecule has 0 fully saturated rings. The highest BCUT2D eigenvalue weighted by Crippen LogP contribution is 2.28. The van der Waals surface area contributed by atoms with Gasteiger partial charge >= 0.3 is 0 Å². The van der Waals surface area contributed by atoms with Crippen LogP contribution in [0.15, 0.2) is 52.9 Å². The second-order valence-corrected chi connectivity index (χ2v) is 4.83. The van der Waals surface area contributed by atoms with Gasteiger partial charge in [-0.25, -0.2) is 4.98 Å². The monoisotopic (exact) mass is 268 g/mol. The molecular formula is C15H9ClN2O. The van der Waals surface area contributed by atoms with Crippen molar-refractivity contribution >= 4 is 33.6 Å². The molecule has 4 heteroatoms. The predicted octanol–water partition coefficient (Wildman–Crippen LogP) is 4.63. The van der Waals surface area contributed by atoms with Crippen LogP contribution in [0.4, 0.5) is 0 Å². The maximum absolute atomic E-state index is 5.97. The molecule has 0 aliphatic heterocycles. The van der Waals surface area contributed by atoms with Crippen LogP contribution in [0.2, 0.25) is 5.02 Å². The number of aromatic nitrogens is 2. The van der Waals surface area contributed by atoms with Gasteiger partial charge in [0, 0.05) is 10.4 Å². The maximum Gasteiger partial charge on any atom is 0.174 e. The quantitative estimate of drug-likeness (QED) is 0.547. The molecule has 3 nitrogen and oxygen atoms in total. The zero-order valence-electron chi connectivity index (χ0n) is 9.85. The van der Waals surface area contributed by atoms with Crippen LogP contribution in [0.3, 0.4) is 0 Å². The Bertz CT molecular complexity index is 858. The van der Waals surface area contributed by atoms with Gasteiger partial charge in [-0.2, -0.15) is 0 Å². The summed E-state index contributed by atoms with van der Waals surface area (Å²) in [5, 5.41) is 1.75. The number of benzene rings is 2. The molecule has 0 radical (unpaired) electrons. The highest BCUT2D eigenvalue weighted by molar-refractivity contribution is 6.31. The molecule has 2 heterocycles. The van der Waals surface area contributed by atoms with Crippen LogP contribution in [0.5, 0.6) is 0 Å². The summed E-state index contributed by atoms with van der Waals surface area (Å²) in [5.74, 6) is 1.45. The summed E-state index contributed by atoms with van der Waals surface area (Å²) in [7, 11) is 0. The van der Waals surface area contributed by atoms with Crippen molar-refractivity contribution in [1.82, 2.24) is 9.97 Å². The number of aromatic amines is 1. The second-order valence-electron chi connectivity index (χ2n) is 4.40. The lowest BCUT2D eigenvalue weighted by Gasteiger charge is -1.88. The van der Waals surface area contributed by atoms with Gasteiger partial charge in [0.2, 0.25) is 0 Å². The van der Waals surface area contributed by atoms with E-state index in [4.69, 9.17) is 16.0 Å². The number of hydrogen-bond donors (Lipinski definition) is 1. The Balaban J connectivity index is 1.93. The summed E-state index contributed by atoms with van der Waals surface area (Å²) in [4.78, 5) is 7.74. The fourth-order valence-corrected chi connectivity index (χ4v) is 2.37. The average Bonchev–Trinajstić information content (AvgIpc) is 3.00. The topological polar surface area (TPSA) is 41.8 Å². The van der Waals surface area contributed by atoms with Gasteiger partial charge in [-0.05, 0) is 30.3 Å². The van der Waals surface area contributed by atoms with Crippen LogP contribution in [0, 0.1) is 0 Å². The Labute approximate surface area is 113 Å². The molecule has 0 saturated carbocycles. The van der Waals surface area contributed by atoms with Gasteiger partial charge in [0.15, 0.2) is 11.6 Å². The minimum atomic E-state index is 0.687. The van der Waals surface area contributed by atoms with Gasteiger partial charge in [-0.3, -0.25) is 0 Å². The average molecular weight is 269 g/mol. The van der Waals surface area contributed by atoms with Crippen LogP contribution < -0.4 is 0 Å². The Morgan fingerprint density at radius 1 is 1.05 bits per heavy atom. The van der Waals surface area contributed by atoms with E-state index in [-0.39, 0.29) is 0 Å². The molecule has 4 rings (SSSR count). The third-order valence-corrected chi connectivity index (χ3v) is 3.34. The molecule has 0 saturated heterocycles. The summed E-state index contributed by atoms with van der Waals surface area (Å²) in [6, 6.07) is 15.5. The van der Waals surface area contributed by atoms with Crippen LogP contribution >= 0.6 is 11.6 Å². The van der Waals surface area contributed by atoms with Gasteiger partial charge < -0.3 is 9.40 Å². The molecule has 0 bridgehead atoms. The largest absolute Gasteiger partial charge is 0.453 e. The molecule has 19 heavy (non-hydrogen) atoms. The van der Waals surface area contributed by atoms with Crippen molar-refractivity contribution in [3.63, 3.8) is 0 Å². The van der Waals surface area contributed by atoms with Crippen molar-refractivity contribution in [3.8, 4) is 11.6 Å². The van der Waals surface area contributed by atoms with Crippen molar-refractivity contribution in [2.75, 3.05) is 0 Å². The lowest BCUT2D eigenvalue weighted by molar-refractivity contribution is 0.627. The smallest absolute Gasteiger partial charge is 0.174 e. The number of hydrogen-bond acceptors (Lipinski definition) is 2. The molecule has 4 aromatic rings. The summed E-state index contributed by atoms with van der Waals surface area (Å²) in [6.45, 7) is 0. The number of nitrogens with zero attached hydrogens (tertiary/aromatic N) is 1. The van der Waals surface area contributed by atoms with E-state index in [0.717, 1.165) is 27.8 Å². The molecule has 0 spiro atoms. The number of nitrogens with one attached hydrogen (secondary N) is 1. The normalized spacial score (nSPS) is 11.4. The zero-order valence-corrected chi connectivity index (χ0v) is 10.6. The Hall–Kier alpha value is -2.26. The van der Waals surface area contributed by atoms with E-state index in [1.54, 1.807) is 0 Å². The first-order valence-corrected chi connectivity index (χ1v) is 6.32. The number of rotatable bonds is 1. The summed E-state index contributed by atoms with van der Waals surface area (Å²) >= 11 is 5.97. The summed E-state index contributed by atoms with van der Waals surface area (Å²) < 4.78 is 5.79. The van der Waals surface area contributed by atoms with Crippen molar-refractivity contribution < 1.29 is 4.42 Å². The first-order chi connectivity index (χ1) is 9.29. The van der Waals surface area contributed by atoms with Gasteiger partial charge in [0.25, 0.3) is 0 Å². The van der Waals surface area contributed by atoms with Crippen LogP contribution in [0.25, 0.3) is 33.6 Å². The number of fused-ring (bicyclic) bond motifs is 2. The van der Waals surface area contributed by atoms with Gasteiger partial charge in [0.05, 0.1) is 11.0 Å². The summed E-state index contributed by atoms with van der Waals surface area (Å²) in [6.07, 6.45) is 0. The molecule has 0 atom stereocenters. The van der Waals surface area contributed by atoms with Crippen molar-refractivity contribution in [3.05, 3.63) is 53.6 Å². The minimum Gasteiger partial charge on any atom is -0.453 e. The third kappa shape index (κ3) is 1.71. The zero-order chi connectivity index (χ0) is 12.8. The SMILES string of the molecule is Clc1ccc2nc(-c3cc4ccccc4o3)[nH]c2c1. The predicted molar refractivity (Wildman–Crippen MR) is 76.3 cm³/mol. The minimum absolute atomic E-state index is 0.687. The number of H-pyrrole nitrogens is 1. The standard InChI is InChI=1S/C15H9ClN2O/c16-10-5-6-11-12(8-10)18-15(17-11)14-7-9-3-1-2-4-13(9)19-14/h1-8H,(H,17,18). The van der Waals surface area contributed by atoms with E-state index in [2.05, 4.69) is 9.97 Å². The number of para-hydroxylation sites is 1. The lowest BCUT2D eigenvalue weighted by atomic mass is 10.2. The van der Waals surface area contributed by atoms with E-state index in [1.165, 1.54) is 0 Å². The maximum atomic E-state index is 5.97. The molecular weight excluding hydrogens is 260 g/mol. The van der Waals surface area contributed by atoms with Gasteiger partial charge in [-0.1, -0.05) is 29.8 Å². The molecule has 2 aromatic heterocycles. The Morgan fingerprint density at radius 3 is 2.84 bits per heavy atom. The van der Waals surface area contributed by atoms with Gasteiger partial charge in [0.1, 0.15) is 5.58 Å². The molecule has 0 aliphatic rings. The fraction of sp³-hybridized carbons (Fsp3) is 0. The van der Waals surface area contributed by atoms with Crippen molar-refractivity contribution in [2.45, 2.75) is 0 Å². The third-order valence-electron chi connectivity index (χ3n) is 3.10. The van der Waals surface area contributed by atoms with Gasteiger partial charge in [-0.15, -0.1) is 0 Å². The number of furan rings is 1. The van der Waals surface area contributed by atoms with E-state index < -0.39 is 0 Å². The Morgan fingerprint density at radius 2 is 1.95 bits per heavy atom. The van der Waals surface area contributed by atoms with Crippen molar-refractivity contribution in [2.24, 2.45) is 0 Å². The molecule has 2 aromatic carbocycles. The molecule has 0 aliphatic carbocycles. The van der Waals surface area contributed by atoms with Crippen LogP contribution in [0.1, 0.15) is 0 Å². The Kier molecular flexibility index (Phi) is 2.17. The van der Waals surface area contributed by atoms with E-state index in [1.807, 2.05) is 48.5 Å². The van der Waals surface area contributed by atoms with E-state index in [9.17, 15) is 0 Å². The number of halogens is 1. The number of imidazole rings is 1. The first kappa shape index (κ1) is 10.6. The lowest BCUT2D eigenvalue weighted by Crippen LogP contribution is -1.74. The molecule has 0 amide bonds. The summed E-state index contributed by atoms with van der Waals surface area (Å²) in [5.41, 5.74) is 2.64. The molecule has 0 unspecified atom stereocenters. The van der Waals surface area contributed by atoms with Crippen molar-refractivity contribution in [1.29, 1.82) is 0 Å². The van der Waals surface area contributed by atoms with Crippen LogP contribution in [-0.2, 0) is 0 Å². The van der Waals surface area contributed by atoms with Crippen LogP contribution in [-0.4, -0.2) is 9.97 Å². The fourth-order valence-electron chi connectivity index (χ4n) is 2.20. The first-order valence-electron chi connectivity index (χ1n) is 5.94. The van der Waals surface area contributed by atoms with E-state index >= 15 is 0 Å². The molecule has 92 valence electrons. The molecule has 1 N–H and O–H groups in total. The second kappa shape index (κ2) is 3.87. The van der Waals surface area contributed by atoms with E-state index in [0.29, 0.717) is 10.8 Å².